The number of hydrogen-bond donors (Lipinski definition) is 0. The molecule has 0 amide bonds. The number of thiazole rings is 1. The van der Waals surface area contributed by atoms with Gasteiger partial charge in [0.25, 0.3) is 0 Å². The van der Waals surface area contributed by atoms with E-state index in [1.165, 1.54) is 12.1 Å². The van der Waals surface area contributed by atoms with Gasteiger partial charge in [-0.1, -0.05) is 0 Å². The summed E-state index contributed by atoms with van der Waals surface area (Å²) in [5, 5.41) is 0.891. The first-order valence-electron chi connectivity index (χ1n) is 7.08. The fourth-order valence-corrected chi connectivity index (χ4v) is 3.30. The highest BCUT2D eigenvalue weighted by molar-refractivity contribution is 7.15. The van der Waals surface area contributed by atoms with Gasteiger partial charge in [0.05, 0.1) is 19.9 Å². The molecule has 118 valence electrons. The van der Waals surface area contributed by atoms with Crippen LogP contribution in [0.2, 0.25) is 0 Å². The van der Waals surface area contributed by atoms with Crippen LogP contribution in [0.5, 0.6) is 11.5 Å². The van der Waals surface area contributed by atoms with Crippen molar-refractivity contribution in [3.63, 3.8) is 0 Å². The van der Waals surface area contributed by atoms with Crippen LogP contribution in [-0.4, -0.2) is 19.2 Å². The molecular formula is C18H16FNO2S. The predicted molar refractivity (Wildman–Crippen MR) is 90.8 cm³/mol. The maximum atomic E-state index is 13.1. The Bertz CT molecular complexity index is 828. The van der Waals surface area contributed by atoms with Crippen molar-refractivity contribution in [1.29, 1.82) is 0 Å². The smallest absolute Gasteiger partial charge is 0.161 e. The summed E-state index contributed by atoms with van der Waals surface area (Å²) < 4.78 is 23.7. The number of benzene rings is 2. The number of rotatable bonds is 4. The minimum Gasteiger partial charge on any atom is -0.493 e. The lowest BCUT2D eigenvalue weighted by Crippen LogP contribution is -1.90. The van der Waals surface area contributed by atoms with Gasteiger partial charge in [0, 0.05) is 16.0 Å². The molecule has 0 saturated carbocycles. The standard InChI is InChI=1S/C18H16FNO2S/c1-11-17(12-4-7-14(19)8-5-12)20-18(23-11)13-6-9-15(21-2)16(10-13)22-3/h4-10H,1-3H3. The molecular weight excluding hydrogens is 313 g/mol. The van der Waals surface area contributed by atoms with Crippen LogP contribution in [0.4, 0.5) is 4.39 Å². The minimum absolute atomic E-state index is 0.248. The third-order valence-corrected chi connectivity index (χ3v) is 4.56. The molecule has 5 heteroatoms. The van der Waals surface area contributed by atoms with Crippen LogP contribution in [0.3, 0.4) is 0 Å². The van der Waals surface area contributed by atoms with E-state index in [-0.39, 0.29) is 5.82 Å². The van der Waals surface area contributed by atoms with Crippen molar-refractivity contribution in [2.24, 2.45) is 0 Å². The molecule has 0 fully saturated rings. The Morgan fingerprint density at radius 1 is 0.913 bits per heavy atom. The summed E-state index contributed by atoms with van der Waals surface area (Å²) in [6, 6.07) is 12.1. The molecule has 2 aromatic carbocycles. The van der Waals surface area contributed by atoms with Gasteiger partial charge in [-0.2, -0.15) is 0 Å². The van der Waals surface area contributed by atoms with E-state index in [1.807, 2.05) is 25.1 Å². The molecule has 3 aromatic rings. The first kappa shape index (κ1) is 15.5. The van der Waals surface area contributed by atoms with E-state index < -0.39 is 0 Å². The maximum Gasteiger partial charge on any atom is 0.161 e. The highest BCUT2D eigenvalue weighted by Crippen LogP contribution is 2.37. The molecule has 0 unspecified atom stereocenters. The van der Waals surface area contributed by atoms with Gasteiger partial charge in [0.2, 0.25) is 0 Å². The van der Waals surface area contributed by atoms with Gasteiger partial charge in [-0.25, -0.2) is 9.37 Å². The summed E-state index contributed by atoms with van der Waals surface area (Å²) in [5.74, 6) is 1.10. The summed E-state index contributed by atoms with van der Waals surface area (Å²) in [6.45, 7) is 2.01. The molecule has 23 heavy (non-hydrogen) atoms. The number of aryl methyl sites for hydroxylation is 1. The van der Waals surface area contributed by atoms with Crippen molar-refractivity contribution in [1.82, 2.24) is 4.98 Å². The summed E-state index contributed by atoms with van der Waals surface area (Å²) in [6.07, 6.45) is 0. The van der Waals surface area contributed by atoms with Crippen LogP contribution >= 0.6 is 11.3 Å². The molecule has 0 aliphatic carbocycles. The molecule has 3 rings (SSSR count). The Hall–Kier alpha value is -2.40. The Kier molecular flexibility index (Phi) is 4.30. The van der Waals surface area contributed by atoms with E-state index >= 15 is 0 Å². The zero-order valence-corrected chi connectivity index (χ0v) is 13.9. The molecule has 1 aromatic heterocycles. The van der Waals surface area contributed by atoms with Crippen molar-refractivity contribution < 1.29 is 13.9 Å². The van der Waals surface area contributed by atoms with Crippen LogP contribution in [0, 0.1) is 12.7 Å². The second kappa shape index (κ2) is 6.38. The van der Waals surface area contributed by atoms with E-state index in [4.69, 9.17) is 14.5 Å². The predicted octanol–water partition coefficient (Wildman–Crippen LogP) is 4.94. The Morgan fingerprint density at radius 3 is 2.22 bits per heavy atom. The van der Waals surface area contributed by atoms with Gasteiger partial charge in [-0.15, -0.1) is 11.3 Å². The number of aromatic nitrogens is 1. The van der Waals surface area contributed by atoms with Crippen molar-refractivity contribution in [2.75, 3.05) is 14.2 Å². The fraction of sp³-hybridized carbons (Fsp3) is 0.167. The first-order chi connectivity index (χ1) is 11.1. The first-order valence-corrected chi connectivity index (χ1v) is 7.90. The normalized spacial score (nSPS) is 10.6. The van der Waals surface area contributed by atoms with Crippen molar-refractivity contribution in [3.05, 3.63) is 53.2 Å². The van der Waals surface area contributed by atoms with Crippen LogP contribution in [-0.2, 0) is 0 Å². The van der Waals surface area contributed by atoms with Crippen molar-refractivity contribution >= 4 is 11.3 Å². The van der Waals surface area contributed by atoms with Gasteiger partial charge in [0.1, 0.15) is 10.8 Å². The Labute approximate surface area is 138 Å². The number of methoxy groups -OCH3 is 2. The van der Waals surface area contributed by atoms with Gasteiger partial charge >= 0.3 is 0 Å². The van der Waals surface area contributed by atoms with E-state index in [2.05, 4.69) is 0 Å². The fourth-order valence-electron chi connectivity index (χ4n) is 2.36. The van der Waals surface area contributed by atoms with Crippen molar-refractivity contribution in [2.45, 2.75) is 6.92 Å². The average Bonchev–Trinajstić information content (AvgIpc) is 2.96. The lowest BCUT2D eigenvalue weighted by molar-refractivity contribution is 0.355. The van der Waals surface area contributed by atoms with Gasteiger partial charge in [-0.3, -0.25) is 0 Å². The van der Waals surface area contributed by atoms with Crippen molar-refractivity contribution in [3.8, 4) is 33.3 Å². The summed E-state index contributed by atoms with van der Waals surface area (Å²) in [7, 11) is 3.22. The summed E-state index contributed by atoms with van der Waals surface area (Å²) in [5.41, 5.74) is 2.75. The van der Waals surface area contributed by atoms with E-state index in [0.717, 1.165) is 26.7 Å². The maximum absolute atomic E-state index is 13.1. The molecule has 0 saturated heterocycles. The SMILES string of the molecule is COc1ccc(-c2nc(-c3ccc(F)cc3)c(C)s2)cc1OC. The monoisotopic (exact) mass is 329 g/mol. The average molecular weight is 329 g/mol. The van der Waals surface area contributed by atoms with Gasteiger partial charge < -0.3 is 9.47 Å². The third kappa shape index (κ3) is 3.05. The van der Waals surface area contributed by atoms with Crippen LogP contribution in [0.25, 0.3) is 21.8 Å². The van der Waals surface area contributed by atoms with Gasteiger partial charge in [-0.05, 0) is 49.4 Å². The van der Waals surface area contributed by atoms with Gasteiger partial charge in [0.15, 0.2) is 11.5 Å². The Morgan fingerprint density at radius 2 is 1.57 bits per heavy atom. The molecule has 0 spiro atoms. The lowest BCUT2D eigenvalue weighted by Gasteiger charge is -2.08. The molecule has 0 aliphatic rings. The topological polar surface area (TPSA) is 31.4 Å². The highest BCUT2D eigenvalue weighted by Gasteiger charge is 2.13. The number of halogens is 1. The molecule has 0 bridgehead atoms. The number of hydrogen-bond acceptors (Lipinski definition) is 4. The third-order valence-electron chi connectivity index (χ3n) is 3.54. The quantitative estimate of drug-likeness (QED) is 0.679. The second-order valence-electron chi connectivity index (χ2n) is 5.00. The molecule has 0 N–H and O–H groups in total. The number of ether oxygens (including phenoxy) is 2. The summed E-state index contributed by atoms with van der Waals surface area (Å²) >= 11 is 1.60. The highest BCUT2D eigenvalue weighted by atomic mass is 32.1. The minimum atomic E-state index is -0.248. The van der Waals surface area contributed by atoms with Crippen LogP contribution in [0.15, 0.2) is 42.5 Å². The largest absolute Gasteiger partial charge is 0.493 e. The zero-order chi connectivity index (χ0) is 16.4. The molecule has 0 aliphatic heterocycles. The van der Waals surface area contributed by atoms with Crippen LogP contribution < -0.4 is 9.47 Å². The lowest BCUT2D eigenvalue weighted by atomic mass is 10.1. The zero-order valence-electron chi connectivity index (χ0n) is 13.1. The molecule has 1 heterocycles. The molecule has 0 atom stereocenters. The number of nitrogens with zero attached hydrogens (tertiary/aromatic N) is 1. The second-order valence-corrected chi connectivity index (χ2v) is 6.20. The Balaban J connectivity index is 2.02. The summed E-state index contributed by atoms with van der Waals surface area (Å²) in [4.78, 5) is 5.80. The molecule has 0 radical (unpaired) electrons. The van der Waals surface area contributed by atoms with E-state index in [9.17, 15) is 4.39 Å². The van der Waals surface area contributed by atoms with E-state index in [0.29, 0.717) is 11.5 Å². The molecule has 3 nitrogen and oxygen atoms in total. The van der Waals surface area contributed by atoms with Crippen LogP contribution in [0.1, 0.15) is 4.88 Å². The van der Waals surface area contributed by atoms with E-state index in [1.54, 1.807) is 37.7 Å².